The van der Waals surface area contributed by atoms with Crippen LogP contribution in [0, 0.1) is 6.92 Å². The summed E-state index contributed by atoms with van der Waals surface area (Å²) in [5, 5.41) is 10.6. The molecule has 0 unspecified atom stereocenters. The molecule has 0 fully saturated rings. The van der Waals surface area contributed by atoms with Crippen molar-refractivity contribution in [1.29, 1.82) is 0 Å². The van der Waals surface area contributed by atoms with Crippen molar-refractivity contribution < 1.29 is 9.26 Å². The highest BCUT2D eigenvalue weighted by atomic mass is 35.5. The molecule has 0 saturated heterocycles. The average molecular weight is 321 g/mol. The molecule has 0 amide bonds. The molecule has 114 valence electrons. The molecule has 7 nitrogen and oxygen atoms in total. The maximum Gasteiger partial charge on any atom is 0.343 e. The van der Waals surface area contributed by atoms with Gasteiger partial charge in [0.15, 0.2) is 11.6 Å². The van der Waals surface area contributed by atoms with E-state index < -0.39 is 0 Å². The summed E-state index contributed by atoms with van der Waals surface area (Å²) in [6.45, 7) is 2.01. The van der Waals surface area contributed by atoms with E-state index in [0.717, 1.165) is 5.56 Å². The molecule has 0 aliphatic rings. The molecule has 1 N–H and O–H groups in total. The first kappa shape index (κ1) is 14.4. The largest absolute Gasteiger partial charge is 0.485 e. The van der Waals surface area contributed by atoms with Crippen LogP contribution in [0.25, 0.3) is 11.3 Å². The lowest BCUT2D eigenvalue weighted by molar-refractivity contribution is 0.291. The summed E-state index contributed by atoms with van der Waals surface area (Å²) in [6.07, 6.45) is 1.55. The Kier molecular flexibility index (Phi) is 3.72. The maximum atomic E-state index is 11.4. The van der Waals surface area contributed by atoms with E-state index in [-0.39, 0.29) is 12.3 Å². The summed E-state index contributed by atoms with van der Waals surface area (Å²) in [5.41, 5.74) is 1.27. The topological polar surface area (TPSA) is 85.9 Å². The number of hydrogen-bond donors (Lipinski definition) is 1. The highest BCUT2D eigenvalue weighted by Gasteiger charge is 2.14. The molecular weight excluding hydrogens is 308 g/mol. The van der Waals surface area contributed by atoms with Crippen molar-refractivity contribution in [2.45, 2.75) is 13.5 Å². The van der Waals surface area contributed by atoms with Gasteiger partial charge in [-0.25, -0.2) is 9.89 Å². The summed E-state index contributed by atoms with van der Waals surface area (Å²) in [5.74, 6) is 1.61. The standard InChI is InChI=1S/C14H13ClN4O3/c1-8-5-12(21-7-13-17-18-14(20)19(13)2)9(6-10(8)15)11-3-4-16-22-11/h3-6H,7H2,1-2H3,(H,18,20). The molecule has 0 aliphatic carbocycles. The van der Waals surface area contributed by atoms with Crippen LogP contribution < -0.4 is 10.4 Å². The SMILES string of the molecule is Cc1cc(OCc2n[nH]c(=O)n2C)c(-c2ccno2)cc1Cl. The van der Waals surface area contributed by atoms with Gasteiger partial charge < -0.3 is 9.26 Å². The second kappa shape index (κ2) is 5.69. The van der Waals surface area contributed by atoms with Crippen LogP contribution in [-0.2, 0) is 13.7 Å². The van der Waals surface area contributed by atoms with Gasteiger partial charge in [-0.3, -0.25) is 4.57 Å². The number of aromatic nitrogens is 4. The Hall–Kier alpha value is -2.54. The van der Waals surface area contributed by atoms with Gasteiger partial charge in [-0.1, -0.05) is 16.8 Å². The van der Waals surface area contributed by atoms with Crippen molar-refractivity contribution in [3.8, 4) is 17.1 Å². The Morgan fingerprint density at radius 1 is 1.45 bits per heavy atom. The number of hydrogen-bond acceptors (Lipinski definition) is 5. The van der Waals surface area contributed by atoms with Crippen LogP contribution in [-0.4, -0.2) is 19.9 Å². The van der Waals surface area contributed by atoms with Crippen LogP contribution in [0.15, 0.2) is 33.7 Å². The second-order valence-electron chi connectivity index (χ2n) is 4.77. The summed E-state index contributed by atoms with van der Waals surface area (Å²) in [7, 11) is 1.62. The van der Waals surface area contributed by atoms with Crippen LogP contribution in [0.3, 0.4) is 0 Å². The first-order chi connectivity index (χ1) is 10.6. The number of halogens is 1. The zero-order valence-corrected chi connectivity index (χ0v) is 12.7. The van der Waals surface area contributed by atoms with Crippen molar-refractivity contribution >= 4 is 11.6 Å². The van der Waals surface area contributed by atoms with E-state index in [9.17, 15) is 4.79 Å². The number of benzene rings is 1. The number of rotatable bonds is 4. The van der Waals surface area contributed by atoms with E-state index in [1.807, 2.05) is 13.0 Å². The predicted octanol–water partition coefficient (Wildman–Crippen LogP) is 2.30. The van der Waals surface area contributed by atoms with Crippen molar-refractivity contribution in [3.05, 3.63) is 51.3 Å². The molecule has 3 aromatic rings. The van der Waals surface area contributed by atoms with E-state index in [2.05, 4.69) is 15.4 Å². The Labute approximate surface area is 130 Å². The van der Waals surface area contributed by atoms with Gasteiger partial charge >= 0.3 is 5.69 Å². The molecule has 0 aliphatic heterocycles. The van der Waals surface area contributed by atoms with E-state index in [1.54, 1.807) is 25.4 Å². The molecule has 0 saturated carbocycles. The summed E-state index contributed by atoms with van der Waals surface area (Å²) in [4.78, 5) is 11.4. The Bertz CT molecular complexity index is 852. The maximum absolute atomic E-state index is 11.4. The lowest BCUT2D eigenvalue weighted by Crippen LogP contribution is -2.15. The van der Waals surface area contributed by atoms with Crippen molar-refractivity contribution in [2.24, 2.45) is 7.05 Å². The number of aryl methyl sites for hydroxylation is 1. The van der Waals surface area contributed by atoms with E-state index in [1.165, 1.54) is 4.57 Å². The van der Waals surface area contributed by atoms with Gasteiger partial charge in [0, 0.05) is 18.1 Å². The van der Waals surface area contributed by atoms with Gasteiger partial charge in [-0.05, 0) is 24.6 Å². The molecule has 8 heteroatoms. The van der Waals surface area contributed by atoms with Crippen LogP contribution in [0.1, 0.15) is 11.4 Å². The van der Waals surface area contributed by atoms with Crippen LogP contribution >= 0.6 is 11.6 Å². The van der Waals surface area contributed by atoms with E-state index in [0.29, 0.717) is 27.9 Å². The number of H-pyrrole nitrogens is 1. The zero-order chi connectivity index (χ0) is 15.7. The normalized spacial score (nSPS) is 10.9. The van der Waals surface area contributed by atoms with Crippen molar-refractivity contribution in [2.75, 3.05) is 0 Å². The third-order valence-corrected chi connectivity index (χ3v) is 3.70. The quantitative estimate of drug-likeness (QED) is 0.797. The molecular formula is C14H13ClN4O3. The minimum Gasteiger partial charge on any atom is -0.485 e. The Balaban J connectivity index is 1.94. The van der Waals surface area contributed by atoms with Crippen molar-refractivity contribution in [1.82, 2.24) is 19.9 Å². The highest BCUT2D eigenvalue weighted by molar-refractivity contribution is 6.31. The molecule has 3 rings (SSSR count). The molecule has 1 aromatic carbocycles. The van der Waals surface area contributed by atoms with Gasteiger partial charge in [0.05, 0.1) is 11.8 Å². The number of nitrogens with zero attached hydrogens (tertiary/aromatic N) is 3. The molecule has 22 heavy (non-hydrogen) atoms. The smallest absolute Gasteiger partial charge is 0.343 e. The van der Waals surface area contributed by atoms with Crippen LogP contribution in [0.4, 0.5) is 0 Å². The molecule has 0 spiro atoms. The second-order valence-corrected chi connectivity index (χ2v) is 5.17. The Morgan fingerprint density at radius 2 is 2.27 bits per heavy atom. The van der Waals surface area contributed by atoms with Gasteiger partial charge in [-0.2, -0.15) is 5.10 Å². The fraction of sp³-hybridized carbons (Fsp3) is 0.214. The van der Waals surface area contributed by atoms with Gasteiger partial charge in [-0.15, -0.1) is 0 Å². The number of nitrogens with one attached hydrogen (secondary N) is 1. The summed E-state index contributed by atoms with van der Waals surface area (Å²) >= 11 is 6.17. The van der Waals surface area contributed by atoms with Crippen LogP contribution in [0.2, 0.25) is 5.02 Å². The molecule has 0 atom stereocenters. The monoisotopic (exact) mass is 320 g/mol. The molecule has 0 radical (unpaired) electrons. The Morgan fingerprint density at radius 3 is 2.91 bits per heavy atom. The van der Waals surface area contributed by atoms with E-state index >= 15 is 0 Å². The average Bonchev–Trinajstić information content (AvgIpc) is 3.12. The molecule has 2 aromatic heterocycles. The first-order valence-electron chi connectivity index (χ1n) is 6.50. The number of ether oxygens (including phenoxy) is 1. The third-order valence-electron chi connectivity index (χ3n) is 3.29. The lowest BCUT2D eigenvalue weighted by Gasteiger charge is -2.11. The number of aromatic amines is 1. The van der Waals surface area contributed by atoms with Gasteiger partial charge in [0.1, 0.15) is 12.4 Å². The predicted molar refractivity (Wildman–Crippen MR) is 79.8 cm³/mol. The fourth-order valence-electron chi connectivity index (χ4n) is 1.97. The highest BCUT2D eigenvalue weighted by Crippen LogP contribution is 2.35. The molecule has 0 bridgehead atoms. The van der Waals surface area contributed by atoms with Gasteiger partial charge in [0.2, 0.25) is 0 Å². The van der Waals surface area contributed by atoms with Gasteiger partial charge in [0.25, 0.3) is 0 Å². The van der Waals surface area contributed by atoms with Crippen LogP contribution in [0.5, 0.6) is 5.75 Å². The summed E-state index contributed by atoms with van der Waals surface area (Å²) < 4.78 is 12.3. The minimum absolute atomic E-state index is 0.136. The minimum atomic E-state index is -0.290. The fourth-order valence-corrected chi connectivity index (χ4v) is 2.14. The molecule has 2 heterocycles. The first-order valence-corrected chi connectivity index (χ1v) is 6.88. The lowest BCUT2D eigenvalue weighted by atomic mass is 10.1. The van der Waals surface area contributed by atoms with Crippen molar-refractivity contribution in [3.63, 3.8) is 0 Å². The van der Waals surface area contributed by atoms with E-state index in [4.69, 9.17) is 20.9 Å². The third kappa shape index (κ3) is 2.62. The zero-order valence-electron chi connectivity index (χ0n) is 12.0. The summed E-state index contributed by atoms with van der Waals surface area (Å²) in [6, 6.07) is 5.29.